The molecule has 1 saturated carbocycles. The monoisotopic (exact) mass is 452 g/mol. The summed E-state index contributed by atoms with van der Waals surface area (Å²) < 4.78 is 0. The smallest absolute Gasteiger partial charge is 0.272 e. The lowest BCUT2D eigenvalue weighted by molar-refractivity contribution is 0.0770. The van der Waals surface area contributed by atoms with Crippen molar-refractivity contribution in [2.24, 2.45) is 0 Å². The second-order valence-corrected chi connectivity index (χ2v) is 10.7. The summed E-state index contributed by atoms with van der Waals surface area (Å²) in [6.45, 7) is 5.79. The number of benzene rings is 2. The second-order valence-electron chi connectivity index (χ2n) is 10.7. The van der Waals surface area contributed by atoms with Crippen LogP contribution in [0, 0.1) is 0 Å². The highest BCUT2D eigenvalue weighted by atomic mass is 16.3. The molecule has 1 saturated heterocycles. The maximum absolute atomic E-state index is 13.3. The van der Waals surface area contributed by atoms with Crippen LogP contribution >= 0.6 is 0 Å². The number of carbonyl (C=O) groups is 1. The lowest BCUT2D eigenvalue weighted by Crippen LogP contribution is -2.34. The number of aliphatic hydroxyl groups is 1. The van der Waals surface area contributed by atoms with Crippen molar-refractivity contribution in [1.82, 2.24) is 9.88 Å². The van der Waals surface area contributed by atoms with E-state index in [0.29, 0.717) is 37.0 Å². The molecule has 1 aromatic heterocycles. The van der Waals surface area contributed by atoms with Crippen molar-refractivity contribution in [3.8, 4) is 11.1 Å². The normalized spacial score (nSPS) is 23.6. The van der Waals surface area contributed by atoms with Crippen molar-refractivity contribution in [1.29, 1.82) is 0 Å². The largest absolute Gasteiger partial charge is 0.388 e. The first kappa shape index (κ1) is 21.5. The van der Waals surface area contributed by atoms with Crippen LogP contribution in [0.3, 0.4) is 0 Å². The Kier molecular flexibility index (Phi) is 5.11. The Bertz CT molecular complexity index is 1260. The van der Waals surface area contributed by atoms with E-state index >= 15 is 0 Å². The molecule has 1 spiro atoms. The maximum atomic E-state index is 13.3. The molecule has 34 heavy (non-hydrogen) atoms. The average Bonchev–Trinajstić information content (AvgIpc) is 3.58. The Morgan fingerprint density at radius 1 is 1.09 bits per heavy atom. The summed E-state index contributed by atoms with van der Waals surface area (Å²) in [5.41, 5.74) is 7.39. The van der Waals surface area contributed by atoms with Crippen LogP contribution in [0.15, 0.2) is 60.7 Å². The zero-order chi connectivity index (χ0) is 23.4. The van der Waals surface area contributed by atoms with Gasteiger partial charge in [0.15, 0.2) is 0 Å². The topological polar surface area (TPSA) is 53.4 Å². The summed E-state index contributed by atoms with van der Waals surface area (Å²) >= 11 is 0. The van der Waals surface area contributed by atoms with Crippen molar-refractivity contribution in [2.45, 2.75) is 62.9 Å². The van der Waals surface area contributed by atoms with Gasteiger partial charge in [0.1, 0.15) is 5.69 Å². The molecule has 6 rings (SSSR count). The predicted octanol–water partition coefficient (Wildman–Crippen LogP) is 5.97. The van der Waals surface area contributed by atoms with E-state index < -0.39 is 6.10 Å². The number of aromatic nitrogens is 1. The number of rotatable bonds is 4. The third kappa shape index (κ3) is 3.56. The van der Waals surface area contributed by atoms with Gasteiger partial charge in [0.25, 0.3) is 5.91 Å². The molecular formula is C30H32N2O2. The van der Waals surface area contributed by atoms with Gasteiger partial charge in [-0.15, -0.1) is 0 Å². The molecule has 2 fully saturated rings. The number of nitrogens with zero attached hydrogens (tertiary/aromatic N) is 2. The fraction of sp³-hybridized carbons (Fsp3) is 0.400. The van der Waals surface area contributed by atoms with Crippen molar-refractivity contribution < 1.29 is 9.90 Å². The summed E-state index contributed by atoms with van der Waals surface area (Å²) in [7, 11) is 0. The van der Waals surface area contributed by atoms with E-state index in [1.807, 2.05) is 23.1 Å². The third-order valence-corrected chi connectivity index (χ3v) is 8.09. The number of aliphatic hydroxyl groups excluding tert-OH is 1. The maximum Gasteiger partial charge on any atom is 0.272 e. The van der Waals surface area contributed by atoms with E-state index in [9.17, 15) is 9.90 Å². The van der Waals surface area contributed by atoms with Crippen LogP contribution in [0.25, 0.3) is 11.1 Å². The molecule has 4 nitrogen and oxygen atoms in total. The van der Waals surface area contributed by atoms with Crippen molar-refractivity contribution in [3.05, 3.63) is 88.7 Å². The van der Waals surface area contributed by atoms with Gasteiger partial charge >= 0.3 is 0 Å². The van der Waals surface area contributed by atoms with Crippen LogP contribution in [0.4, 0.5) is 0 Å². The minimum absolute atomic E-state index is 0.0183. The first-order chi connectivity index (χ1) is 16.4. The van der Waals surface area contributed by atoms with Crippen LogP contribution in [0.2, 0.25) is 0 Å². The van der Waals surface area contributed by atoms with Gasteiger partial charge in [0, 0.05) is 30.1 Å². The van der Waals surface area contributed by atoms with E-state index in [1.165, 1.54) is 29.5 Å². The SMILES string of the molecule is CC(C)c1ccccc1-c1ccc2c(c1)C(O)CC21CCN(C(=O)c2cccc(C3CC3)n2)C1. The van der Waals surface area contributed by atoms with Gasteiger partial charge in [-0.05, 0) is 77.6 Å². The zero-order valence-electron chi connectivity index (χ0n) is 20.0. The minimum Gasteiger partial charge on any atom is -0.388 e. The minimum atomic E-state index is -0.493. The molecule has 0 bridgehead atoms. The molecular weight excluding hydrogens is 420 g/mol. The summed E-state index contributed by atoms with van der Waals surface area (Å²) in [5, 5.41) is 11.1. The number of carbonyl (C=O) groups excluding carboxylic acids is 1. The van der Waals surface area contributed by atoms with Crippen LogP contribution in [-0.2, 0) is 5.41 Å². The molecule has 3 aliphatic rings. The Balaban J connectivity index is 1.28. The molecule has 174 valence electrons. The number of fused-ring (bicyclic) bond motifs is 2. The molecule has 2 aliphatic carbocycles. The molecule has 2 atom stereocenters. The van der Waals surface area contributed by atoms with Crippen molar-refractivity contribution >= 4 is 5.91 Å². The van der Waals surface area contributed by atoms with Crippen molar-refractivity contribution in [3.63, 3.8) is 0 Å². The van der Waals surface area contributed by atoms with Gasteiger partial charge in [-0.3, -0.25) is 4.79 Å². The molecule has 2 aromatic carbocycles. The van der Waals surface area contributed by atoms with Gasteiger partial charge in [-0.25, -0.2) is 4.98 Å². The lowest BCUT2D eigenvalue weighted by Gasteiger charge is -2.25. The molecule has 3 aromatic rings. The average molecular weight is 453 g/mol. The molecule has 1 amide bonds. The Labute approximate surface area is 201 Å². The molecule has 0 radical (unpaired) electrons. The highest BCUT2D eigenvalue weighted by molar-refractivity contribution is 5.92. The van der Waals surface area contributed by atoms with Gasteiger partial charge in [0.05, 0.1) is 6.10 Å². The Hall–Kier alpha value is -2.98. The predicted molar refractivity (Wildman–Crippen MR) is 134 cm³/mol. The molecule has 4 heteroatoms. The fourth-order valence-corrected chi connectivity index (χ4v) is 6.11. The molecule has 1 N–H and O–H groups in total. The standard InChI is InChI=1S/C30H32N2O2/c1-19(2)22-6-3-4-7-23(22)21-12-13-25-24(16-21)28(33)17-30(25)14-15-32(18-30)29(34)27-9-5-8-26(31-27)20-10-11-20/h3-9,12-13,16,19-20,28,33H,10-11,14-15,17-18H2,1-2H3. The van der Waals surface area contributed by atoms with E-state index in [0.717, 1.165) is 23.2 Å². The first-order valence-corrected chi connectivity index (χ1v) is 12.6. The zero-order valence-corrected chi connectivity index (χ0v) is 20.0. The summed E-state index contributed by atoms with van der Waals surface area (Å²) in [4.78, 5) is 19.9. The van der Waals surface area contributed by atoms with E-state index in [-0.39, 0.29) is 11.3 Å². The number of hydrogen-bond acceptors (Lipinski definition) is 3. The van der Waals surface area contributed by atoms with Gasteiger partial charge < -0.3 is 10.0 Å². The highest BCUT2D eigenvalue weighted by Gasteiger charge is 2.49. The van der Waals surface area contributed by atoms with Crippen LogP contribution in [0.5, 0.6) is 0 Å². The molecule has 2 heterocycles. The number of hydrogen-bond donors (Lipinski definition) is 1. The fourth-order valence-electron chi connectivity index (χ4n) is 6.11. The third-order valence-electron chi connectivity index (χ3n) is 8.09. The van der Waals surface area contributed by atoms with E-state index in [1.54, 1.807) is 0 Å². The van der Waals surface area contributed by atoms with E-state index in [4.69, 9.17) is 0 Å². The first-order valence-electron chi connectivity index (χ1n) is 12.6. The van der Waals surface area contributed by atoms with Gasteiger partial charge in [-0.2, -0.15) is 0 Å². The van der Waals surface area contributed by atoms with Crippen LogP contribution < -0.4 is 0 Å². The van der Waals surface area contributed by atoms with E-state index in [2.05, 4.69) is 61.3 Å². The second kappa shape index (κ2) is 8.06. The van der Waals surface area contributed by atoms with Gasteiger partial charge in [0.2, 0.25) is 0 Å². The van der Waals surface area contributed by atoms with Crippen molar-refractivity contribution in [2.75, 3.05) is 13.1 Å². The van der Waals surface area contributed by atoms with Gasteiger partial charge in [-0.1, -0.05) is 56.3 Å². The summed E-state index contributed by atoms with van der Waals surface area (Å²) in [6.07, 6.45) is 3.42. The summed E-state index contributed by atoms with van der Waals surface area (Å²) in [5.74, 6) is 0.983. The Morgan fingerprint density at radius 3 is 2.71 bits per heavy atom. The summed E-state index contributed by atoms with van der Waals surface area (Å²) in [6, 6.07) is 21.0. The Morgan fingerprint density at radius 2 is 1.91 bits per heavy atom. The van der Waals surface area contributed by atoms with Crippen LogP contribution in [-0.4, -0.2) is 34.0 Å². The number of amides is 1. The lowest BCUT2D eigenvalue weighted by atomic mass is 9.80. The number of pyridine rings is 1. The molecule has 1 aliphatic heterocycles. The highest BCUT2D eigenvalue weighted by Crippen LogP contribution is 2.51. The quantitative estimate of drug-likeness (QED) is 0.531. The number of likely N-dealkylation sites (tertiary alicyclic amines) is 1. The van der Waals surface area contributed by atoms with Crippen LogP contribution in [0.1, 0.15) is 90.3 Å². The molecule has 2 unspecified atom stereocenters.